The maximum Gasteiger partial charge on any atom is 0.251 e. The molecule has 1 aromatic heterocycles. The summed E-state index contributed by atoms with van der Waals surface area (Å²) in [5.74, 6) is 1.95. The summed E-state index contributed by atoms with van der Waals surface area (Å²) in [4.78, 5) is 23.3. The number of amides is 1. The Hall–Kier alpha value is -3.99. The number of phenols is 1. The zero-order chi connectivity index (χ0) is 27.8. The van der Waals surface area contributed by atoms with E-state index in [9.17, 15) is 9.90 Å². The van der Waals surface area contributed by atoms with Crippen LogP contribution in [0.4, 0.5) is 0 Å². The molecule has 5 nitrogen and oxygen atoms in total. The number of nitrogens with zero attached hydrogens (tertiary/aromatic N) is 2. The fourth-order valence-corrected chi connectivity index (χ4v) is 6.68. The molecule has 0 spiro atoms. The van der Waals surface area contributed by atoms with Gasteiger partial charge in [0.15, 0.2) is 0 Å². The number of fused-ring (bicyclic) bond motifs is 4. The first-order chi connectivity index (χ1) is 19.4. The minimum Gasteiger partial charge on any atom is -0.507 e. The average Bonchev–Trinajstić information content (AvgIpc) is 2.96. The number of hydrogen-bond acceptors (Lipinski definition) is 4. The molecule has 1 amide bonds. The van der Waals surface area contributed by atoms with Gasteiger partial charge in [-0.2, -0.15) is 0 Å². The lowest BCUT2D eigenvalue weighted by Crippen LogP contribution is -2.26. The third-order valence-electron chi connectivity index (χ3n) is 8.81. The van der Waals surface area contributed by atoms with Gasteiger partial charge in [-0.25, -0.2) is 9.97 Å². The van der Waals surface area contributed by atoms with E-state index in [0.717, 1.165) is 52.1 Å². The molecular weight excluding hydrogens is 494 g/mol. The summed E-state index contributed by atoms with van der Waals surface area (Å²) in [7, 11) is 0. The predicted molar refractivity (Wildman–Crippen MR) is 163 cm³/mol. The van der Waals surface area contributed by atoms with E-state index in [1.807, 2.05) is 60.7 Å². The Morgan fingerprint density at radius 2 is 1.65 bits per heavy atom. The van der Waals surface area contributed by atoms with Crippen molar-refractivity contribution in [1.82, 2.24) is 15.3 Å². The first kappa shape index (κ1) is 26.2. The Balaban J connectivity index is 1.44. The van der Waals surface area contributed by atoms with Crippen LogP contribution < -0.4 is 5.32 Å². The minimum absolute atomic E-state index is 0.123. The van der Waals surface area contributed by atoms with E-state index in [1.54, 1.807) is 0 Å². The van der Waals surface area contributed by atoms with E-state index in [-0.39, 0.29) is 11.8 Å². The van der Waals surface area contributed by atoms with Crippen LogP contribution >= 0.6 is 0 Å². The van der Waals surface area contributed by atoms with Gasteiger partial charge < -0.3 is 10.4 Å². The lowest BCUT2D eigenvalue weighted by Gasteiger charge is -2.38. The molecule has 1 heterocycles. The molecule has 3 atom stereocenters. The van der Waals surface area contributed by atoms with E-state index in [4.69, 9.17) is 9.97 Å². The summed E-state index contributed by atoms with van der Waals surface area (Å²) < 4.78 is 0. The summed E-state index contributed by atoms with van der Waals surface area (Å²) in [5, 5.41) is 16.5. The Kier molecular flexibility index (Phi) is 7.14. The molecule has 40 heavy (non-hydrogen) atoms. The molecule has 1 fully saturated rings. The van der Waals surface area contributed by atoms with Gasteiger partial charge in [-0.05, 0) is 66.7 Å². The fraction of sp³-hybridized carbons (Fsp3) is 0.343. The Labute approximate surface area is 235 Å². The molecule has 5 heteroatoms. The number of carbonyl (C=O) groups is 1. The van der Waals surface area contributed by atoms with Crippen molar-refractivity contribution >= 4 is 38.7 Å². The van der Waals surface area contributed by atoms with E-state index < -0.39 is 0 Å². The van der Waals surface area contributed by atoms with Crippen LogP contribution in [0, 0.1) is 17.8 Å². The van der Waals surface area contributed by atoms with Crippen LogP contribution in [-0.2, 0) is 6.42 Å². The molecule has 5 aromatic rings. The Bertz CT molecular complexity index is 1700. The molecule has 1 aliphatic rings. The van der Waals surface area contributed by atoms with Crippen molar-refractivity contribution in [3.05, 3.63) is 89.5 Å². The average molecular weight is 532 g/mol. The number of nitrogens with one attached hydrogen (secondary N) is 1. The van der Waals surface area contributed by atoms with Crippen molar-refractivity contribution in [1.29, 1.82) is 0 Å². The summed E-state index contributed by atoms with van der Waals surface area (Å²) >= 11 is 0. The second-order valence-corrected chi connectivity index (χ2v) is 11.9. The van der Waals surface area contributed by atoms with Crippen molar-refractivity contribution in [2.45, 2.75) is 52.4 Å². The molecule has 6 rings (SSSR count). The number of hydrogen-bond donors (Lipinski definition) is 2. The van der Waals surface area contributed by atoms with Gasteiger partial charge in [0.05, 0.1) is 22.1 Å². The van der Waals surface area contributed by atoms with Crippen molar-refractivity contribution < 1.29 is 9.90 Å². The largest absolute Gasteiger partial charge is 0.507 e. The second kappa shape index (κ2) is 10.9. The smallest absolute Gasteiger partial charge is 0.251 e. The highest BCUT2D eigenvalue weighted by Crippen LogP contribution is 2.50. The van der Waals surface area contributed by atoms with Crippen molar-refractivity contribution in [3.63, 3.8) is 0 Å². The minimum atomic E-state index is -0.123. The highest BCUT2D eigenvalue weighted by molar-refractivity contribution is 6.11. The van der Waals surface area contributed by atoms with Gasteiger partial charge in [0.1, 0.15) is 5.75 Å². The lowest BCUT2D eigenvalue weighted by molar-refractivity contribution is 0.0954. The van der Waals surface area contributed by atoms with Gasteiger partial charge in [-0.3, -0.25) is 4.79 Å². The molecule has 0 radical (unpaired) electrons. The molecule has 4 aromatic carbocycles. The van der Waals surface area contributed by atoms with E-state index in [2.05, 4.69) is 38.2 Å². The second-order valence-electron chi connectivity index (χ2n) is 11.9. The summed E-state index contributed by atoms with van der Waals surface area (Å²) in [6, 6.07) is 23.6. The van der Waals surface area contributed by atoms with Crippen molar-refractivity contribution in [2.75, 3.05) is 6.54 Å². The summed E-state index contributed by atoms with van der Waals surface area (Å²) in [6.45, 7) is 7.45. The van der Waals surface area contributed by atoms with Gasteiger partial charge in [-0.15, -0.1) is 0 Å². The topological polar surface area (TPSA) is 75.1 Å². The molecule has 0 bridgehead atoms. The Morgan fingerprint density at radius 1 is 0.925 bits per heavy atom. The first-order valence-corrected chi connectivity index (χ1v) is 14.6. The van der Waals surface area contributed by atoms with Gasteiger partial charge in [-0.1, -0.05) is 81.8 Å². The standard InChI is InChI=1S/C35H37N3O2/c1-21(2)25-15-13-22(3)19-28(25)31-33-32(26-11-7-8-12-27(26)34(31)39)37-29-16-14-24(20-30(29)38-33)35(40)36-18-17-23-9-5-4-6-10-23/h4-12,14,16,20-22,25,28,39H,13,15,17-19H2,1-3H3,(H,36,40). The normalized spacial score (nSPS) is 19.4. The van der Waals surface area contributed by atoms with Gasteiger partial charge >= 0.3 is 0 Å². The van der Waals surface area contributed by atoms with E-state index >= 15 is 0 Å². The van der Waals surface area contributed by atoms with Crippen LogP contribution in [0.2, 0.25) is 0 Å². The quantitative estimate of drug-likeness (QED) is 0.173. The summed E-state index contributed by atoms with van der Waals surface area (Å²) in [6.07, 6.45) is 4.15. The van der Waals surface area contributed by atoms with Crippen LogP contribution in [-0.4, -0.2) is 27.5 Å². The van der Waals surface area contributed by atoms with Crippen LogP contribution in [0.1, 0.15) is 67.4 Å². The molecule has 204 valence electrons. The highest BCUT2D eigenvalue weighted by atomic mass is 16.3. The molecule has 0 aliphatic heterocycles. The first-order valence-electron chi connectivity index (χ1n) is 14.6. The molecule has 0 saturated heterocycles. The van der Waals surface area contributed by atoms with Crippen molar-refractivity contribution in [3.8, 4) is 5.75 Å². The Morgan fingerprint density at radius 3 is 2.42 bits per heavy atom. The van der Waals surface area contributed by atoms with Crippen LogP contribution in [0.3, 0.4) is 0 Å². The third-order valence-corrected chi connectivity index (χ3v) is 8.81. The van der Waals surface area contributed by atoms with Crippen LogP contribution in [0.25, 0.3) is 32.8 Å². The zero-order valence-corrected chi connectivity index (χ0v) is 23.5. The zero-order valence-electron chi connectivity index (χ0n) is 23.5. The molecule has 3 unspecified atom stereocenters. The number of phenolic OH excluding ortho intramolecular Hbond substituents is 1. The van der Waals surface area contributed by atoms with E-state index in [0.29, 0.717) is 41.1 Å². The maximum absolute atomic E-state index is 13.0. The lowest BCUT2D eigenvalue weighted by atomic mass is 9.67. The van der Waals surface area contributed by atoms with Crippen LogP contribution in [0.15, 0.2) is 72.8 Å². The predicted octanol–water partition coefficient (Wildman–Crippen LogP) is 7.79. The van der Waals surface area contributed by atoms with Crippen molar-refractivity contribution in [2.24, 2.45) is 17.8 Å². The summed E-state index contributed by atoms with van der Waals surface area (Å²) in [5.41, 5.74) is 5.66. The van der Waals surface area contributed by atoms with E-state index in [1.165, 1.54) is 12.0 Å². The molecule has 2 N–H and O–H groups in total. The highest BCUT2D eigenvalue weighted by Gasteiger charge is 2.35. The van der Waals surface area contributed by atoms with Crippen LogP contribution in [0.5, 0.6) is 5.75 Å². The number of aromatic nitrogens is 2. The maximum atomic E-state index is 13.0. The monoisotopic (exact) mass is 531 g/mol. The molecule has 1 aliphatic carbocycles. The number of benzene rings is 4. The van der Waals surface area contributed by atoms with Gasteiger partial charge in [0, 0.05) is 28.4 Å². The number of rotatable bonds is 6. The number of carbonyl (C=O) groups excluding carboxylic acids is 1. The van der Waals surface area contributed by atoms with Gasteiger partial charge in [0.2, 0.25) is 0 Å². The fourth-order valence-electron chi connectivity index (χ4n) is 6.68. The SMILES string of the molecule is CC1CCC(C(C)C)C(c2c(O)c3ccccc3c3nc4ccc(C(=O)NCCc5ccccc5)cc4nc23)C1. The number of aromatic hydroxyl groups is 1. The third kappa shape index (κ3) is 4.90. The molecular formula is C35H37N3O2. The molecule has 1 saturated carbocycles. The van der Waals surface area contributed by atoms with Gasteiger partial charge in [0.25, 0.3) is 5.91 Å².